The largest absolute Gasteiger partial charge is 0.395 e. The van der Waals surface area contributed by atoms with Crippen LogP contribution in [0.1, 0.15) is 34.7 Å². The van der Waals surface area contributed by atoms with E-state index in [-0.39, 0.29) is 41.4 Å². The average Bonchev–Trinajstić information content (AvgIpc) is 3.22. The Labute approximate surface area is 205 Å². The van der Waals surface area contributed by atoms with Crippen molar-refractivity contribution in [3.63, 3.8) is 0 Å². The Balaban J connectivity index is 2.04. The molecular weight excluding hydrogens is 493 g/mol. The topological polar surface area (TPSA) is 73.7 Å². The number of aliphatic hydroxyl groups is 1. The second-order valence-corrected chi connectivity index (χ2v) is 9.19. The molecule has 3 aromatic rings. The van der Waals surface area contributed by atoms with Crippen molar-refractivity contribution < 1.29 is 14.7 Å². The number of halogens is 3. The quantitative estimate of drug-likeness (QED) is 0.426. The van der Waals surface area contributed by atoms with Gasteiger partial charge in [0.25, 0.3) is 11.8 Å². The first-order valence-corrected chi connectivity index (χ1v) is 11.7. The van der Waals surface area contributed by atoms with Gasteiger partial charge in [0.1, 0.15) is 5.69 Å². The molecule has 0 fully saturated rings. The van der Waals surface area contributed by atoms with E-state index in [1.54, 1.807) is 35.7 Å². The minimum Gasteiger partial charge on any atom is -0.395 e. The van der Waals surface area contributed by atoms with Crippen LogP contribution in [0.25, 0.3) is 0 Å². The van der Waals surface area contributed by atoms with Crippen molar-refractivity contribution in [2.45, 2.75) is 19.9 Å². The third-order valence-electron chi connectivity index (χ3n) is 4.58. The Morgan fingerprint density at radius 1 is 1.03 bits per heavy atom. The predicted molar refractivity (Wildman–Crippen MR) is 130 cm³/mol. The first-order chi connectivity index (χ1) is 15.2. The number of amides is 2. The zero-order chi connectivity index (χ0) is 23.4. The third-order valence-corrected chi connectivity index (χ3v) is 6.20. The lowest BCUT2D eigenvalue weighted by atomic mass is 10.2. The summed E-state index contributed by atoms with van der Waals surface area (Å²) in [4.78, 5) is 33.7. The average molecular weight is 513 g/mol. The maximum absolute atomic E-state index is 13.5. The van der Waals surface area contributed by atoms with E-state index in [2.05, 4.69) is 4.98 Å². The molecule has 0 bridgehead atoms. The van der Waals surface area contributed by atoms with Crippen molar-refractivity contribution >= 4 is 68.8 Å². The summed E-state index contributed by atoms with van der Waals surface area (Å²) in [6.45, 7) is 3.73. The molecular formula is C22H20Cl3N3O3S. The molecule has 2 amide bonds. The Hall–Kier alpha value is -2.16. The van der Waals surface area contributed by atoms with Crippen molar-refractivity contribution in [2.75, 3.05) is 18.1 Å². The first-order valence-electron chi connectivity index (χ1n) is 9.65. The summed E-state index contributed by atoms with van der Waals surface area (Å²) in [5, 5.41) is 12.3. The summed E-state index contributed by atoms with van der Waals surface area (Å²) in [6, 6.07) is 11.1. The smallest absolute Gasteiger partial charge is 0.273 e. The Morgan fingerprint density at radius 3 is 2.28 bits per heavy atom. The lowest BCUT2D eigenvalue weighted by Crippen LogP contribution is -2.39. The zero-order valence-corrected chi connectivity index (χ0v) is 20.3. The number of rotatable bonds is 7. The van der Waals surface area contributed by atoms with Crippen molar-refractivity contribution in [3.8, 4) is 0 Å². The molecule has 0 atom stereocenters. The van der Waals surface area contributed by atoms with Gasteiger partial charge in [-0.15, -0.1) is 11.3 Å². The molecule has 168 valence electrons. The number of aromatic nitrogens is 1. The molecule has 0 aliphatic carbocycles. The third kappa shape index (κ3) is 5.42. The number of hydrogen-bond donors (Lipinski definition) is 1. The van der Waals surface area contributed by atoms with Crippen LogP contribution in [0.3, 0.4) is 0 Å². The standard InChI is InChI=1S/C22H20Cl3N3O3S/c1-13(2)27(9-10-29)21(31)19-12-32-22(26-19)28(16-6-3-14(23)4-7-16)20(30)17-8-5-15(24)11-18(17)25/h3-8,11-13,29H,9-10H2,1-2H3. The highest BCUT2D eigenvalue weighted by atomic mass is 35.5. The zero-order valence-electron chi connectivity index (χ0n) is 17.3. The highest BCUT2D eigenvalue weighted by molar-refractivity contribution is 7.14. The number of aliphatic hydroxyl groups excluding tert-OH is 1. The molecule has 0 aliphatic heterocycles. The Bertz CT molecular complexity index is 1120. The van der Waals surface area contributed by atoms with Crippen LogP contribution in [0.2, 0.25) is 15.1 Å². The van der Waals surface area contributed by atoms with Gasteiger partial charge in [0, 0.05) is 28.0 Å². The monoisotopic (exact) mass is 511 g/mol. The maximum atomic E-state index is 13.5. The van der Waals surface area contributed by atoms with E-state index in [1.807, 2.05) is 13.8 Å². The van der Waals surface area contributed by atoms with Gasteiger partial charge >= 0.3 is 0 Å². The molecule has 6 nitrogen and oxygen atoms in total. The van der Waals surface area contributed by atoms with Crippen LogP contribution >= 0.6 is 46.1 Å². The summed E-state index contributed by atoms with van der Waals surface area (Å²) in [5.41, 5.74) is 0.925. The molecule has 2 aromatic carbocycles. The van der Waals surface area contributed by atoms with Crippen LogP contribution < -0.4 is 4.90 Å². The molecule has 0 saturated carbocycles. The van der Waals surface area contributed by atoms with Gasteiger partial charge in [-0.25, -0.2) is 4.98 Å². The lowest BCUT2D eigenvalue weighted by molar-refractivity contribution is 0.0660. The molecule has 0 aliphatic rings. The molecule has 0 radical (unpaired) electrons. The minimum absolute atomic E-state index is 0.123. The van der Waals surface area contributed by atoms with Gasteiger partial charge in [0.05, 0.1) is 22.9 Å². The van der Waals surface area contributed by atoms with Gasteiger partial charge in [-0.05, 0) is 56.3 Å². The molecule has 3 rings (SSSR count). The van der Waals surface area contributed by atoms with Crippen LogP contribution in [-0.4, -0.2) is 46.0 Å². The SMILES string of the molecule is CC(C)N(CCO)C(=O)c1csc(N(C(=O)c2ccc(Cl)cc2Cl)c2ccc(Cl)cc2)n1. The van der Waals surface area contributed by atoms with Gasteiger partial charge in [-0.3, -0.25) is 14.5 Å². The maximum Gasteiger partial charge on any atom is 0.273 e. The normalized spacial score (nSPS) is 11.0. The molecule has 1 heterocycles. The van der Waals surface area contributed by atoms with E-state index in [4.69, 9.17) is 34.8 Å². The number of hydrogen-bond acceptors (Lipinski definition) is 5. The van der Waals surface area contributed by atoms with Crippen molar-refractivity contribution in [3.05, 3.63) is 74.2 Å². The fourth-order valence-electron chi connectivity index (χ4n) is 3.00. The van der Waals surface area contributed by atoms with Crippen molar-refractivity contribution in [2.24, 2.45) is 0 Å². The van der Waals surface area contributed by atoms with Gasteiger partial charge in [-0.2, -0.15) is 0 Å². The summed E-state index contributed by atoms with van der Waals surface area (Å²) in [7, 11) is 0. The van der Waals surface area contributed by atoms with E-state index in [9.17, 15) is 14.7 Å². The Morgan fingerprint density at radius 2 is 1.69 bits per heavy atom. The second-order valence-electron chi connectivity index (χ2n) is 7.07. The molecule has 1 aromatic heterocycles. The number of thiazole rings is 1. The number of anilines is 2. The number of carbonyl (C=O) groups is 2. The van der Waals surface area contributed by atoms with Gasteiger partial charge < -0.3 is 10.0 Å². The summed E-state index contributed by atoms with van der Waals surface area (Å²) in [5.74, 6) is -0.761. The molecule has 1 N–H and O–H groups in total. The van der Waals surface area contributed by atoms with Crippen LogP contribution in [-0.2, 0) is 0 Å². The molecule has 0 unspecified atom stereocenters. The van der Waals surface area contributed by atoms with E-state index in [0.717, 1.165) is 11.3 Å². The van der Waals surface area contributed by atoms with Crippen LogP contribution in [0.5, 0.6) is 0 Å². The van der Waals surface area contributed by atoms with E-state index in [1.165, 1.54) is 21.9 Å². The fraction of sp³-hybridized carbons (Fsp3) is 0.227. The lowest BCUT2D eigenvalue weighted by Gasteiger charge is -2.25. The molecule has 32 heavy (non-hydrogen) atoms. The van der Waals surface area contributed by atoms with Crippen LogP contribution in [0.4, 0.5) is 10.8 Å². The van der Waals surface area contributed by atoms with E-state index >= 15 is 0 Å². The second kappa shape index (κ2) is 10.6. The highest BCUT2D eigenvalue weighted by Gasteiger charge is 2.27. The Kier molecular flexibility index (Phi) is 8.14. The van der Waals surface area contributed by atoms with Crippen LogP contribution in [0, 0.1) is 0 Å². The highest BCUT2D eigenvalue weighted by Crippen LogP contribution is 2.33. The van der Waals surface area contributed by atoms with Crippen molar-refractivity contribution in [1.29, 1.82) is 0 Å². The first kappa shape index (κ1) is 24.5. The number of carbonyl (C=O) groups excluding carboxylic acids is 2. The van der Waals surface area contributed by atoms with E-state index in [0.29, 0.717) is 20.9 Å². The summed E-state index contributed by atoms with van der Waals surface area (Å²) < 4.78 is 0. The van der Waals surface area contributed by atoms with Gasteiger partial charge in [0.2, 0.25) is 0 Å². The summed E-state index contributed by atoms with van der Waals surface area (Å²) in [6.07, 6.45) is 0. The summed E-state index contributed by atoms with van der Waals surface area (Å²) >= 11 is 19.4. The van der Waals surface area contributed by atoms with Crippen LogP contribution in [0.15, 0.2) is 47.8 Å². The van der Waals surface area contributed by atoms with Gasteiger partial charge in [0.15, 0.2) is 5.13 Å². The number of nitrogens with zero attached hydrogens (tertiary/aromatic N) is 3. The fourth-order valence-corrected chi connectivity index (χ4v) is 4.43. The molecule has 10 heteroatoms. The molecule has 0 saturated heterocycles. The number of benzene rings is 2. The predicted octanol–water partition coefficient (Wildman–Crippen LogP) is 5.92. The molecule has 0 spiro atoms. The minimum atomic E-state index is -0.432. The van der Waals surface area contributed by atoms with Gasteiger partial charge in [-0.1, -0.05) is 34.8 Å². The van der Waals surface area contributed by atoms with Crippen molar-refractivity contribution in [1.82, 2.24) is 9.88 Å². The van der Waals surface area contributed by atoms with E-state index < -0.39 is 5.91 Å².